The molecule has 7 heteroatoms. The molecule has 1 unspecified atom stereocenters. The first-order valence-electron chi connectivity index (χ1n) is 6.24. The van der Waals surface area contributed by atoms with Gasteiger partial charge in [-0.15, -0.1) is 0 Å². The predicted octanol–water partition coefficient (Wildman–Crippen LogP) is 2.86. The average Bonchev–Trinajstić information content (AvgIpc) is 2.50. The van der Waals surface area contributed by atoms with E-state index in [-0.39, 0.29) is 5.56 Å². The van der Waals surface area contributed by atoms with Crippen molar-refractivity contribution in [3.05, 3.63) is 64.7 Å². The molecule has 2 aromatic rings. The number of aromatic nitrogens is 1. The predicted molar refractivity (Wildman–Crippen MR) is 71.1 cm³/mol. The molecule has 0 spiro atoms. The monoisotopic (exact) mass is 305 g/mol. The molecule has 1 atom stereocenters. The molecule has 112 valence electrons. The maximum Gasteiger partial charge on any atom is 0.256 e. The molecular formula is C15H10F3N3O. The normalized spacial score (nSPS) is 11.6. The fourth-order valence-corrected chi connectivity index (χ4v) is 1.81. The summed E-state index contributed by atoms with van der Waals surface area (Å²) in [5.41, 5.74) is -0.0439. The number of carbonyl (C=O) groups is 1. The van der Waals surface area contributed by atoms with Gasteiger partial charge < -0.3 is 5.32 Å². The fourth-order valence-electron chi connectivity index (χ4n) is 1.81. The molecule has 0 saturated carbocycles. The molecule has 1 amide bonds. The smallest absolute Gasteiger partial charge is 0.256 e. The summed E-state index contributed by atoms with van der Waals surface area (Å²) in [6.45, 7) is 1.53. The zero-order valence-electron chi connectivity index (χ0n) is 11.4. The van der Waals surface area contributed by atoms with Crippen LogP contribution < -0.4 is 5.32 Å². The molecule has 1 heterocycles. The van der Waals surface area contributed by atoms with Crippen LogP contribution >= 0.6 is 0 Å². The quantitative estimate of drug-likeness (QED) is 0.887. The third-order valence-corrected chi connectivity index (χ3v) is 3.00. The Balaban J connectivity index is 2.21. The van der Waals surface area contributed by atoms with Crippen molar-refractivity contribution in [2.75, 3.05) is 0 Å². The Morgan fingerprint density at radius 3 is 2.64 bits per heavy atom. The standard InChI is InChI=1S/C15H10F3N3O/c1-8(10-2-3-12(16)13(17)5-10)21-15(22)11-4-9(6-19)7-20-14(11)18/h2-5,7-8H,1H3,(H,21,22). The molecule has 1 N–H and O–H groups in total. The third-order valence-electron chi connectivity index (χ3n) is 3.00. The van der Waals surface area contributed by atoms with Crippen molar-refractivity contribution in [3.63, 3.8) is 0 Å². The highest BCUT2D eigenvalue weighted by atomic mass is 19.2. The van der Waals surface area contributed by atoms with Crippen LogP contribution in [-0.4, -0.2) is 10.9 Å². The van der Waals surface area contributed by atoms with Gasteiger partial charge in [-0.05, 0) is 30.7 Å². The van der Waals surface area contributed by atoms with E-state index in [1.807, 2.05) is 0 Å². The Bertz CT molecular complexity index is 771. The molecular weight excluding hydrogens is 295 g/mol. The lowest BCUT2D eigenvalue weighted by Gasteiger charge is -2.14. The van der Waals surface area contributed by atoms with Gasteiger partial charge in [0.1, 0.15) is 6.07 Å². The van der Waals surface area contributed by atoms with Crippen LogP contribution in [0.25, 0.3) is 0 Å². The summed E-state index contributed by atoms with van der Waals surface area (Å²) in [5.74, 6) is -3.87. The summed E-state index contributed by atoms with van der Waals surface area (Å²) in [5, 5.41) is 11.2. The number of nitrogens with zero attached hydrogens (tertiary/aromatic N) is 2. The van der Waals surface area contributed by atoms with Gasteiger partial charge in [0.2, 0.25) is 5.95 Å². The molecule has 0 saturated heterocycles. The van der Waals surface area contributed by atoms with Crippen LogP contribution in [0.5, 0.6) is 0 Å². The molecule has 0 fully saturated rings. The second-order valence-corrected chi connectivity index (χ2v) is 4.54. The molecule has 4 nitrogen and oxygen atoms in total. The summed E-state index contributed by atoms with van der Waals surface area (Å²) in [6, 6.07) is 5.32. The summed E-state index contributed by atoms with van der Waals surface area (Å²) >= 11 is 0. The number of benzene rings is 1. The van der Waals surface area contributed by atoms with Crippen molar-refractivity contribution in [1.82, 2.24) is 10.3 Å². The highest BCUT2D eigenvalue weighted by Gasteiger charge is 2.17. The van der Waals surface area contributed by atoms with Crippen LogP contribution in [0.4, 0.5) is 13.2 Å². The van der Waals surface area contributed by atoms with Crippen LogP contribution in [0.3, 0.4) is 0 Å². The van der Waals surface area contributed by atoms with Crippen LogP contribution in [0, 0.1) is 28.9 Å². The summed E-state index contributed by atoms with van der Waals surface area (Å²) in [7, 11) is 0. The lowest BCUT2D eigenvalue weighted by molar-refractivity contribution is 0.0934. The van der Waals surface area contributed by atoms with E-state index in [2.05, 4.69) is 10.3 Å². The van der Waals surface area contributed by atoms with Crippen LogP contribution in [0.1, 0.15) is 34.5 Å². The van der Waals surface area contributed by atoms with E-state index in [0.29, 0.717) is 5.56 Å². The Hall–Kier alpha value is -2.88. The van der Waals surface area contributed by atoms with Crippen molar-refractivity contribution in [1.29, 1.82) is 5.26 Å². The van der Waals surface area contributed by atoms with Crippen LogP contribution in [-0.2, 0) is 0 Å². The number of nitriles is 1. The SMILES string of the molecule is CC(NC(=O)c1cc(C#N)cnc1F)c1ccc(F)c(F)c1. The van der Waals surface area contributed by atoms with Crippen molar-refractivity contribution >= 4 is 5.91 Å². The number of halogens is 3. The van der Waals surface area contributed by atoms with E-state index >= 15 is 0 Å². The first-order chi connectivity index (χ1) is 10.4. The van der Waals surface area contributed by atoms with E-state index in [1.54, 1.807) is 6.07 Å². The molecule has 0 aliphatic heterocycles. The summed E-state index contributed by atoms with van der Waals surface area (Å²) in [6.07, 6.45) is 1.00. The van der Waals surface area contributed by atoms with Gasteiger partial charge in [0.25, 0.3) is 5.91 Å². The van der Waals surface area contributed by atoms with Gasteiger partial charge >= 0.3 is 0 Å². The Labute approximate surface area is 124 Å². The molecule has 0 aliphatic rings. The number of hydrogen-bond acceptors (Lipinski definition) is 3. The zero-order chi connectivity index (χ0) is 16.3. The first kappa shape index (κ1) is 15.5. The van der Waals surface area contributed by atoms with E-state index in [4.69, 9.17) is 5.26 Å². The lowest BCUT2D eigenvalue weighted by atomic mass is 10.1. The van der Waals surface area contributed by atoms with E-state index < -0.39 is 35.1 Å². The Kier molecular flexibility index (Phi) is 4.41. The number of nitrogens with one attached hydrogen (secondary N) is 1. The van der Waals surface area contributed by atoms with Gasteiger partial charge in [-0.1, -0.05) is 6.07 Å². The van der Waals surface area contributed by atoms with Gasteiger partial charge in [0.15, 0.2) is 11.6 Å². The Morgan fingerprint density at radius 1 is 1.27 bits per heavy atom. The van der Waals surface area contributed by atoms with E-state index in [1.165, 1.54) is 13.0 Å². The third kappa shape index (κ3) is 3.23. The largest absolute Gasteiger partial charge is 0.345 e. The van der Waals surface area contributed by atoms with Gasteiger partial charge in [0.05, 0.1) is 17.2 Å². The molecule has 0 radical (unpaired) electrons. The van der Waals surface area contributed by atoms with Gasteiger partial charge in [-0.2, -0.15) is 9.65 Å². The minimum Gasteiger partial charge on any atom is -0.345 e. The van der Waals surface area contributed by atoms with Gasteiger partial charge in [0, 0.05) is 6.20 Å². The summed E-state index contributed by atoms with van der Waals surface area (Å²) in [4.78, 5) is 15.3. The highest BCUT2D eigenvalue weighted by molar-refractivity contribution is 5.94. The minimum atomic E-state index is -1.04. The maximum atomic E-state index is 13.5. The number of hydrogen-bond donors (Lipinski definition) is 1. The highest BCUT2D eigenvalue weighted by Crippen LogP contribution is 2.17. The van der Waals surface area contributed by atoms with E-state index in [0.717, 1.165) is 24.4 Å². The molecule has 0 aliphatic carbocycles. The second kappa shape index (κ2) is 6.26. The first-order valence-corrected chi connectivity index (χ1v) is 6.24. The Morgan fingerprint density at radius 2 is 2.00 bits per heavy atom. The molecule has 2 rings (SSSR count). The molecule has 1 aromatic heterocycles. The van der Waals surface area contributed by atoms with E-state index in [9.17, 15) is 18.0 Å². The van der Waals surface area contributed by atoms with Gasteiger partial charge in [-0.25, -0.2) is 13.8 Å². The summed E-state index contributed by atoms with van der Waals surface area (Å²) < 4.78 is 39.6. The van der Waals surface area contributed by atoms with Crippen LogP contribution in [0.2, 0.25) is 0 Å². The zero-order valence-corrected chi connectivity index (χ0v) is 11.4. The lowest BCUT2D eigenvalue weighted by Crippen LogP contribution is -2.28. The van der Waals surface area contributed by atoms with Crippen molar-refractivity contribution < 1.29 is 18.0 Å². The maximum absolute atomic E-state index is 13.5. The molecule has 22 heavy (non-hydrogen) atoms. The second-order valence-electron chi connectivity index (χ2n) is 4.54. The van der Waals surface area contributed by atoms with Crippen LogP contribution in [0.15, 0.2) is 30.5 Å². The molecule has 0 bridgehead atoms. The minimum absolute atomic E-state index is 0.0343. The average molecular weight is 305 g/mol. The number of amides is 1. The van der Waals surface area contributed by atoms with Crippen molar-refractivity contribution in [2.24, 2.45) is 0 Å². The van der Waals surface area contributed by atoms with Gasteiger partial charge in [-0.3, -0.25) is 4.79 Å². The van der Waals surface area contributed by atoms with Crippen molar-refractivity contribution in [2.45, 2.75) is 13.0 Å². The topological polar surface area (TPSA) is 65.8 Å². The number of carbonyl (C=O) groups excluding carboxylic acids is 1. The molecule has 1 aromatic carbocycles. The number of rotatable bonds is 3. The fraction of sp³-hybridized carbons (Fsp3) is 0.133. The van der Waals surface area contributed by atoms with Crippen molar-refractivity contribution in [3.8, 4) is 6.07 Å². The number of pyridine rings is 1.